The van der Waals surface area contributed by atoms with Crippen molar-refractivity contribution in [3.8, 4) is 0 Å². The summed E-state index contributed by atoms with van der Waals surface area (Å²) in [6, 6.07) is -1.10. The van der Waals surface area contributed by atoms with Crippen molar-refractivity contribution in [3.63, 3.8) is 0 Å². The molecule has 5 heteroatoms. The minimum absolute atomic E-state index is 0.124. The van der Waals surface area contributed by atoms with Crippen LogP contribution in [0.5, 0.6) is 0 Å². The fourth-order valence-electron chi connectivity index (χ4n) is 1.59. The molecule has 5 nitrogen and oxygen atoms in total. The van der Waals surface area contributed by atoms with Gasteiger partial charge in [0.15, 0.2) is 0 Å². The van der Waals surface area contributed by atoms with Crippen molar-refractivity contribution in [2.24, 2.45) is 5.92 Å². The summed E-state index contributed by atoms with van der Waals surface area (Å²) in [7, 11) is 0. The van der Waals surface area contributed by atoms with Crippen LogP contribution in [0.15, 0.2) is 0 Å². The van der Waals surface area contributed by atoms with Crippen molar-refractivity contribution >= 4 is 12.0 Å². The Bertz CT molecular complexity index is 248. The van der Waals surface area contributed by atoms with Gasteiger partial charge in [0.05, 0.1) is 0 Å². The fourth-order valence-corrected chi connectivity index (χ4v) is 1.59. The summed E-state index contributed by atoms with van der Waals surface area (Å²) >= 11 is 0. The molecule has 2 N–H and O–H groups in total. The molecular weight excluding hydrogens is 220 g/mol. The largest absolute Gasteiger partial charge is 0.480 e. The smallest absolute Gasteiger partial charge is 0.326 e. The van der Waals surface area contributed by atoms with Gasteiger partial charge in [0.25, 0.3) is 0 Å². The molecular formula is C12H24N2O3. The highest BCUT2D eigenvalue weighted by Gasteiger charge is 2.25. The van der Waals surface area contributed by atoms with Gasteiger partial charge in [-0.3, -0.25) is 0 Å². The minimum Gasteiger partial charge on any atom is -0.480 e. The van der Waals surface area contributed by atoms with Crippen molar-refractivity contribution in [1.82, 2.24) is 10.2 Å². The SMILES string of the molecule is CCCN(CCC)C(=O)N[C@H](C(=O)O)C(C)C. The van der Waals surface area contributed by atoms with Crippen LogP contribution in [0, 0.1) is 5.92 Å². The Balaban J connectivity index is 4.50. The lowest BCUT2D eigenvalue weighted by molar-refractivity contribution is -0.140. The molecule has 0 aromatic heterocycles. The van der Waals surface area contributed by atoms with Crippen molar-refractivity contribution in [3.05, 3.63) is 0 Å². The maximum absolute atomic E-state index is 11.9. The molecule has 0 radical (unpaired) electrons. The van der Waals surface area contributed by atoms with Gasteiger partial charge in [0.1, 0.15) is 6.04 Å². The van der Waals surface area contributed by atoms with Crippen LogP contribution in [-0.4, -0.2) is 41.1 Å². The number of rotatable bonds is 7. The van der Waals surface area contributed by atoms with Gasteiger partial charge >= 0.3 is 12.0 Å². The number of carbonyl (C=O) groups excluding carboxylic acids is 1. The Labute approximate surface area is 103 Å². The summed E-state index contributed by atoms with van der Waals surface area (Å²) in [5.41, 5.74) is 0. The van der Waals surface area contributed by atoms with Crippen molar-refractivity contribution in [1.29, 1.82) is 0 Å². The molecule has 100 valence electrons. The summed E-state index contributed by atoms with van der Waals surface area (Å²) in [6.45, 7) is 8.86. The van der Waals surface area contributed by atoms with Crippen LogP contribution < -0.4 is 5.32 Å². The van der Waals surface area contributed by atoms with E-state index in [9.17, 15) is 9.59 Å². The first-order valence-electron chi connectivity index (χ1n) is 6.22. The molecule has 0 unspecified atom stereocenters. The first-order valence-corrected chi connectivity index (χ1v) is 6.22. The number of urea groups is 1. The number of carboxylic acids is 1. The second kappa shape index (κ2) is 7.92. The maximum Gasteiger partial charge on any atom is 0.326 e. The van der Waals surface area contributed by atoms with Crippen LogP contribution in [0.2, 0.25) is 0 Å². The van der Waals surface area contributed by atoms with Crippen molar-refractivity contribution in [2.45, 2.75) is 46.6 Å². The van der Waals surface area contributed by atoms with Crippen LogP contribution >= 0.6 is 0 Å². The molecule has 0 heterocycles. The lowest BCUT2D eigenvalue weighted by Crippen LogP contribution is -2.50. The molecule has 0 aliphatic carbocycles. The van der Waals surface area contributed by atoms with Crippen LogP contribution in [0.25, 0.3) is 0 Å². The topological polar surface area (TPSA) is 69.6 Å². The maximum atomic E-state index is 11.9. The van der Waals surface area contributed by atoms with Gasteiger partial charge in [-0.15, -0.1) is 0 Å². The highest BCUT2D eigenvalue weighted by atomic mass is 16.4. The molecule has 1 atom stereocenters. The van der Waals surface area contributed by atoms with Crippen LogP contribution in [0.3, 0.4) is 0 Å². The molecule has 17 heavy (non-hydrogen) atoms. The van der Waals surface area contributed by atoms with E-state index < -0.39 is 12.0 Å². The number of carboxylic acid groups (broad SMARTS) is 1. The summed E-state index contributed by atoms with van der Waals surface area (Å²) in [5, 5.41) is 11.6. The van der Waals surface area contributed by atoms with E-state index in [-0.39, 0.29) is 11.9 Å². The first kappa shape index (κ1) is 15.7. The molecule has 2 amide bonds. The molecule has 0 aromatic carbocycles. The molecule has 0 saturated heterocycles. The number of hydrogen-bond donors (Lipinski definition) is 2. The lowest BCUT2D eigenvalue weighted by Gasteiger charge is -2.25. The molecule has 0 fully saturated rings. The molecule has 0 saturated carbocycles. The van der Waals surface area contributed by atoms with Crippen LogP contribution in [0.1, 0.15) is 40.5 Å². The number of nitrogens with one attached hydrogen (secondary N) is 1. The normalized spacial score (nSPS) is 12.3. The van der Waals surface area contributed by atoms with E-state index in [1.54, 1.807) is 18.7 Å². The highest BCUT2D eigenvalue weighted by molar-refractivity contribution is 5.82. The van der Waals surface area contributed by atoms with Crippen molar-refractivity contribution < 1.29 is 14.7 Å². The Kier molecular flexibility index (Phi) is 7.34. The zero-order chi connectivity index (χ0) is 13.4. The van der Waals surface area contributed by atoms with E-state index in [1.807, 2.05) is 13.8 Å². The summed E-state index contributed by atoms with van der Waals surface area (Å²) < 4.78 is 0. The standard InChI is InChI=1S/C12H24N2O3/c1-5-7-14(8-6-2)12(17)13-10(9(3)4)11(15)16/h9-10H,5-8H2,1-4H3,(H,13,17)(H,15,16)/t10-/m0/s1. The third kappa shape index (κ3) is 5.56. The number of nitrogens with zero attached hydrogens (tertiary/aromatic N) is 1. The predicted octanol–water partition coefficient (Wildman–Crippen LogP) is 1.93. The average Bonchev–Trinajstić information content (AvgIpc) is 2.24. The molecule has 0 aliphatic heterocycles. The average molecular weight is 244 g/mol. The molecule has 0 spiro atoms. The monoisotopic (exact) mass is 244 g/mol. The number of aliphatic carboxylic acids is 1. The number of carbonyl (C=O) groups is 2. The van der Waals surface area contributed by atoms with E-state index in [0.717, 1.165) is 12.8 Å². The fraction of sp³-hybridized carbons (Fsp3) is 0.833. The number of amides is 2. The Morgan fingerprint density at radius 3 is 1.94 bits per heavy atom. The van der Waals surface area contributed by atoms with Crippen molar-refractivity contribution in [2.75, 3.05) is 13.1 Å². The van der Waals surface area contributed by atoms with Gasteiger partial charge in [0, 0.05) is 13.1 Å². The quantitative estimate of drug-likeness (QED) is 0.719. The summed E-state index contributed by atoms with van der Waals surface area (Å²) in [4.78, 5) is 24.5. The van der Waals surface area contributed by atoms with Crippen LogP contribution in [-0.2, 0) is 4.79 Å². The van der Waals surface area contributed by atoms with E-state index >= 15 is 0 Å². The molecule has 0 aromatic rings. The van der Waals surface area contributed by atoms with E-state index in [2.05, 4.69) is 5.32 Å². The Morgan fingerprint density at radius 2 is 1.65 bits per heavy atom. The zero-order valence-electron chi connectivity index (χ0n) is 11.2. The van der Waals surface area contributed by atoms with Gasteiger partial charge in [-0.1, -0.05) is 27.7 Å². The third-order valence-electron chi connectivity index (χ3n) is 2.49. The van der Waals surface area contributed by atoms with E-state index in [1.165, 1.54) is 0 Å². The van der Waals surface area contributed by atoms with Gasteiger partial charge in [0.2, 0.25) is 0 Å². The first-order chi connectivity index (χ1) is 7.93. The molecule has 0 aliphatic rings. The van der Waals surface area contributed by atoms with Crippen LogP contribution in [0.4, 0.5) is 4.79 Å². The molecule has 0 rings (SSSR count). The summed E-state index contributed by atoms with van der Waals surface area (Å²) in [5.74, 6) is -1.11. The predicted molar refractivity (Wildman–Crippen MR) is 66.9 cm³/mol. The zero-order valence-corrected chi connectivity index (χ0v) is 11.2. The Hall–Kier alpha value is -1.26. The van der Waals surface area contributed by atoms with E-state index in [4.69, 9.17) is 5.11 Å². The highest BCUT2D eigenvalue weighted by Crippen LogP contribution is 2.04. The Morgan fingerprint density at radius 1 is 1.18 bits per heavy atom. The third-order valence-corrected chi connectivity index (χ3v) is 2.49. The second-order valence-corrected chi connectivity index (χ2v) is 4.50. The van der Waals surface area contributed by atoms with Gasteiger partial charge in [-0.2, -0.15) is 0 Å². The summed E-state index contributed by atoms with van der Waals surface area (Å²) in [6.07, 6.45) is 1.74. The molecule has 0 bridgehead atoms. The van der Waals surface area contributed by atoms with Gasteiger partial charge < -0.3 is 15.3 Å². The van der Waals surface area contributed by atoms with E-state index in [0.29, 0.717) is 13.1 Å². The number of hydrogen-bond acceptors (Lipinski definition) is 2. The second-order valence-electron chi connectivity index (χ2n) is 4.50. The van der Waals surface area contributed by atoms with Gasteiger partial charge in [-0.05, 0) is 18.8 Å². The minimum atomic E-state index is -0.985. The van der Waals surface area contributed by atoms with Gasteiger partial charge in [-0.25, -0.2) is 9.59 Å². The lowest BCUT2D eigenvalue weighted by atomic mass is 10.1.